The highest BCUT2D eigenvalue weighted by Crippen LogP contribution is 2.34. The van der Waals surface area contributed by atoms with Crippen LogP contribution in [0.5, 0.6) is 0 Å². The second-order valence-corrected chi connectivity index (χ2v) is 7.31. The summed E-state index contributed by atoms with van der Waals surface area (Å²) < 4.78 is 27.2. The molecule has 1 atom stereocenters. The SMILES string of the molecule is CC1=C(C(=O)N(C)C)[C@H](c2ccc(F)c(F)c2)NC(=S)N1c1ccc(C)cc1. The summed E-state index contributed by atoms with van der Waals surface area (Å²) in [6.45, 7) is 3.79. The summed E-state index contributed by atoms with van der Waals surface area (Å²) in [7, 11) is 3.29. The summed E-state index contributed by atoms with van der Waals surface area (Å²) in [5, 5.41) is 3.50. The Hall–Kier alpha value is -2.80. The first-order valence-corrected chi connectivity index (χ1v) is 9.16. The highest BCUT2D eigenvalue weighted by atomic mass is 32.1. The summed E-state index contributed by atoms with van der Waals surface area (Å²) in [6.07, 6.45) is 0. The molecule has 0 bridgehead atoms. The topological polar surface area (TPSA) is 35.6 Å². The van der Waals surface area contributed by atoms with Gasteiger partial charge in [0.2, 0.25) is 0 Å². The number of nitrogens with zero attached hydrogens (tertiary/aromatic N) is 2. The molecule has 1 aliphatic rings. The van der Waals surface area contributed by atoms with Crippen molar-refractivity contribution in [1.82, 2.24) is 10.2 Å². The van der Waals surface area contributed by atoms with E-state index in [-0.39, 0.29) is 5.91 Å². The van der Waals surface area contributed by atoms with Crippen LogP contribution in [0.1, 0.15) is 24.1 Å². The highest BCUT2D eigenvalue weighted by Gasteiger charge is 2.35. The van der Waals surface area contributed by atoms with Crippen molar-refractivity contribution in [1.29, 1.82) is 0 Å². The second kappa shape index (κ2) is 7.67. The number of benzene rings is 2. The predicted molar refractivity (Wildman–Crippen MR) is 110 cm³/mol. The second-order valence-electron chi connectivity index (χ2n) is 6.93. The van der Waals surface area contributed by atoms with Crippen molar-refractivity contribution >= 4 is 28.9 Å². The quantitative estimate of drug-likeness (QED) is 0.787. The van der Waals surface area contributed by atoms with Crippen molar-refractivity contribution in [2.45, 2.75) is 19.9 Å². The van der Waals surface area contributed by atoms with Crippen molar-refractivity contribution < 1.29 is 13.6 Å². The van der Waals surface area contributed by atoms with Gasteiger partial charge in [-0.15, -0.1) is 0 Å². The molecule has 0 spiro atoms. The zero-order chi connectivity index (χ0) is 20.6. The van der Waals surface area contributed by atoms with Crippen LogP contribution in [0, 0.1) is 18.6 Å². The Morgan fingerprint density at radius 3 is 2.29 bits per heavy atom. The molecule has 3 rings (SSSR count). The summed E-state index contributed by atoms with van der Waals surface area (Å²) in [5.41, 5.74) is 3.40. The number of rotatable bonds is 3. The van der Waals surface area contributed by atoms with E-state index in [0.29, 0.717) is 21.9 Å². The van der Waals surface area contributed by atoms with E-state index in [1.54, 1.807) is 25.9 Å². The minimum atomic E-state index is -0.972. The predicted octanol–water partition coefficient (Wildman–Crippen LogP) is 4.07. The molecule has 7 heteroatoms. The lowest BCUT2D eigenvalue weighted by Crippen LogP contribution is -2.49. The van der Waals surface area contributed by atoms with Crippen molar-refractivity contribution in [2.75, 3.05) is 19.0 Å². The van der Waals surface area contributed by atoms with Crippen LogP contribution in [0.4, 0.5) is 14.5 Å². The number of allylic oxidation sites excluding steroid dienone is 1. The Bertz CT molecular complexity index is 970. The Balaban J connectivity index is 2.16. The third-order valence-corrected chi connectivity index (χ3v) is 4.99. The van der Waals surface area contributed by atoms with E-state index in [2.05, 4.69) is 5.32 Å². The maximum atomic E-state index is 13.8. The third kappa shape index (κ3) is 3.62. The van der Waals surface area contributed by atoms with Gasteiger partial charge in [-0.25, -0.2) is 8.78 Å². The number of likely N-dealkylation sites (N-methyl/N-ethyl adjacent to an activating group) is 1. The molecule has 1 amide bonds. The molecule has 1 heterocycles. The number of hydrogen-bond acceptors (Lipinski definition) is 2. The third-order valence-electron chi connectivity index (χ3n) is 4.69. The molecule has 0 saturated carbocycles. The summed E-state index contributed by atoms with van der Waals surface area (Å²) in [4.78, 5) is 16.2. The number of nitrogens with one attached hydrogen (secondary N) is 1. The van der Waals surface area contributed by atoms with Gasteiger partial charge >= 0.3 is 0 Å². The minimum absolute atomic E-state index is 0.237. The number of hydrogen-bond donors (Lipinski definition) is 1. The maximum absolute atomic E-state index is 13.8. The van der Waals surface area contributed by atoms with Gasteiger partial charge in [-0.05, 0) is 55.9 Å². The molecule has 4 nitrogen and oxygen atoms in total. The summed E-state index contributed by atoms with van der Waals surface area (Å²) in [5.74, 6) is -2.15. The molecule has 0 unspecified atom stereocenters. The normalized spacial score (nSPS) is 16.9. The van der Waals surface area contributed by atoms with Crippen LogP contribution in [-0.2, 0) is 4.79 Å². The lowest BCUT2D eigenvalue weighted by Gasteiger charge is -2.38. The molecule has 146 valence electrons. The van der Waals surface area contributed by atoms with Crippen molar-refractivity contribution in [3.05, 3.63) is 76.5 Å². The van der Waals surface area contributed by atoms with Gasteiger partial charge in [-0.2, -0.15) is 0 Å². The van der Waals surface area contributed by atoms with Gasteiger partial charge < -0.3 is 10.2 Å². The molecule has 1 aliphatic heterocycles. The molecule has 2 aromatic rings. The zero-order valence-electron chi connectivity index (χ0n) is 16.1. The molecule has 28 heavy (non-hydrogen) atoms. The Morgan fingerprint density at radius 2 is 1.71 bits per heavy atom. The number of carbonyl (C=O) groups is 1. The number of carbonyl (C=O) groups excluding carboxylic acids is 1. The number of amides is 1. The van der Waals surface area contributed by atoms with Crippen LogP contribution in [-0.4, -0.2) is 30.0 Å². The molecular weight excluding hydrogens is 380 g/mol. The van der Waals surface area contributed by atoms with Gasteiger partial charge in [-0.3, -0.25) is 9.69 Å². The standard InChI is InChI=1S/C21H21F2N3OS/c1-12-5-8-15(9-6-12)26-13(2)18(20(27)25(3)4)19(24-21(26)28)14-7-10-16(22)17(23)11-14/h5-11,19H,1-4H3,(H,24,28)/t19-/m0/s1. The van der Waals surface area contributed by atoms with Gasteiger partial charge in [-0.1, -0.05) is 23.8 Å². The largest absolute Gasteiger partial charge is 0.351 e. The van der Waals surface area contributed by atoms with Crippen LogP contribution in [0.3, 0.4) is 0 Å². The average Bonchev–Trinajstić information content (AvgIpc) is 2.64. The first kappa shape index (κ1) is 19.9. The molecule has 0 radical (unpaired) electrons. The van der Waals surface area contributed by atoms with E-state index in [0.717, 1.165) is 23.4 Å². The van der Waals surface area contributed by atoms with Gasteiger partial charge in [0, 0.05) is 25.5 Å². The van der Waals surface area contributed by atoms with Crippen LogP contribution in [0.25, 0.3) is 0 Å². The van der Waals surface area contributed by atoms with Gasteiger partial charge in [0.15, 0.2) is 16.7 Å². The van der Waals surface area contributed by atoms with Crippen LogP contribution in [0.15, 0.2) is 53.7 Å². The number of halogens is 2. The van der Waals surface area contributed by atoms with Crippen molar-refractivity contribution in [3.8, 4) is 0 Å². The molecule has 0 saturated heterocycles. The minimum Gasteiger partial charge on any atom is -0.351 e. The van der Waals surface area contributed by atoms with Crippen molar-refractivity contribution in [3.63, 3.8) is 0 Å². The lowest BCUT2D eigenvalue weighted by molar-refractivity contribution is -0.125. The Morgan fingerprint density at radius 1 is 1.07 bits per heavy atom. The fourth-order valence-electron chi connectivity index (χ4n) is 3.21. The maximum Gasteiger partial charge on any atom is 0.253 e. The van der Waals surface area contributed by atoms with E-state index in [1.165, 1.54) is 11.0 Å². The van der Waals surface area contributed by atoms with Crippen molar-refractivity contribution in [2.24, 2.45) is 0 Å². The summed E-state index contributed by atoms with van der Waals surface area (Å²) >= 11 is 5.55. The molecule has 0 fully saturated rings. The van der Waals surface area contributed by atoms with Gasteiger partial charge in [0.1, 0.15) is 0 Å². The monoisotopic (exact) mass is 401 g/mol. The molecule has 0 aromatic heterocycles. The van der Waals surface area contributed by atoms with Crippen LogP contribution >= 0.6 is 12.2 Å². The summed E-state index contributed by atoms with van der Waals surface area (Å²) in [6, 6.07) is 10.7. The van der Waals surface area contributed by atoms with E-state index in [9.17, 15) is 13.6 Å². The highest BCUT2D eigenvalue weighted by molar-refractivity contribution is 7.80. The molecule has 0 aliphatic carbocycles. The average molecular weight is 401 g/mol. The zero-order valence-corrected chi connectivity index (χ0v) is 16.9. The Labute approximate surface area is 168 Å². The lowest BCUT2D eigenvalue weighted by atomic mass is 9.93. The number of anilines is 1. The first-order valence-electron chi connectivity index (χ1n) is 8.75. The molecular formula is C21H21F2N3OS. The van der Waals surface area contributed by atoms with Crippen LogP contribution in [0.2, 0.25) is 0 Å². The van der Waals surface area contributed by atoms with E-state index >= 15 is 0 Å². The van der Waals surface area contributed by atoms with E-state index in [4.69, 9.17) is 12.2 Å². The molecule has 1 N–H and O–H groups in total. The fourth-order valence-corrected chi connectivity index (χ4v) is 3.57. The first-order chi connectivity index (χ1) is 13.2. The number of thiocarbonyl (C=S) groups is 1. The van der Waals surface area contributed by atoms with Gasteiger partial charge in [0.25, 0.3) is 5.91 Å². The van der Waals surface area contributed by atoms with E-state index in [1.807, 2.05) is 31.2 Å². The smallest absolute Gasteiger partial charge is 0.253 e. The van der Waals surface area contributed by atoms with Crippen LogP contribution < -0.4 is 10.2 Å². The molecule has 2 aromatic carbocycles. The fraction of sp³-hybridized carbons (Fsp3) is 0.238. The number of aryl methyl sites for hydroxylation is 1. The van der Waals surface area contributed by atoms with E-state index < -0.39 is 17.7 Å². The Kier molecular flexibility index (Phi) is 5.47. The van der Waals surface area contributed by atoms with Gasteiger partial charge in [0.05, 0.1) is 11.6 Å².